The summed E-state index contributed by atoms with van der Waals surface area (Å²) in [6, 6.07) is 1.78. The van der Waals surface area contributed by atoms with Crippen molar-refractivity contribution >= 4 is 10.4 Å². The Kier molecular flexibility index (Phi) is 6.61. The van der Waals surface area contributed by atoms with Gasteiger partial charge in [0.25, 0.3) is 0 Å². The highest BCUT2D eigenvalue weighted by molar-refractivity contribution is 7.79. The summed E-state index contributed by atoms with van der Waals surface area (Å²) in [6.45, 7) is 12.2. The van der Waals surface area contributed by atoms with Crippen molar-refractivity contribution < 1.29 is 22.0 Å². The fourth-order valence-electron chi connectivity index (χ4n) is 3.13. The summed E-state index contributed by atoms with van der Waals surface area (Å²) in [5.74, 6) is 0. The van der Waals surface area contributed by atoms with Gasteiger partial charge in [-0.05, 0) is 47.0 Å². The molecule has 17 heavy (non-hydrogen) atoms. The van der Waals surface area contributed by atoms with Gasteiger partial charge in [0.2, 0.25) is 10.4 Å². The van der Waals surface area contributed by atoms with Crippen LogP contribution in [0.1, 0.15) is 47.0 Å². The van der Waals surface area contributed by atoms with Crippen molar-refractivity contribution in [2.24, 2.45) is 0 Å². The molecule has 2 unspecified atom stereocenters. The Morgan fingerprint density at radius 1 is 1.18 bits per heavy atom. The average Bonchev–Trinajstić information content (AvgIpc) is 2.17. The van der Waals surface area contributed by atoms with E-state index in [9.17, 15) is 0 Å². The van der Waals surface area contributed by atoms with E-state index in [4.69, 9.17) is 17.5 Å². The van der Waals surface area contributed by atoms with E-state index in [0.29, 0.717) is 0 Å². The molecule has 0 saturated carbocycles. The van der Waals surface area contributed by atoms with Crippen LogP contribution in [0.4, 0.5) is 0 Å². The molecule has 6 heteroatoms. The summed E-state index contributed by atoms with van der Waals surface area (Å²) in [4.78, 5) is 0. The average molecular weight is 267 g/mol. The first-order chi connectivity index (χ1) is 7.67. The zero-order chi connectivity index (χ0) is 13.7. The van der Waals surface area contributed by atoms with Gasteiger partial charge in [0.1, 0.15) is 0 Å². The molecule has 1 heterocycles. The third-order valence-corrected chi connectivity index (χ3v) is 4.18. The van der Waals surface area contributed by atoms with Crippen LogP contribution in [-0.4, -0.2) is 47.2 Å². The van der Waals surface area contributed by atoms with Gasteiger partial charge in [-0.25, -0.2) is 8.42 Å². The number of nitrogens with zero attached hydrogens (tertiary/aromatic N) is 1. The molecule has 1 saturated heterocycles. The van der Waals surface area contributed by atoms with Crippen LogP contribution in [0.5, 0.6) is 0 Å². The van der Waals surface area contributed by atoms with Crippen LogP contribution in [0, 0.1) is 0 Å². The predicted molar refractivity (Wildman–Crippen MR) is 66.4 cm³/mol. The van der Waals surface area contributed by atoms with Crippen molar-refractivity contribution in [3.8, 4) is 0 Å². The van der Waals surface area contributed by atoms with Crippen molar-refractivity contribution in [2.45, 2.75) is 59.0 Å². The van der Waals surface area contributed by atoms with E-state index >= 15 is 0 Å². The molecule has 1 rings (SSSR count). The standard InChI is InChI=1S/C11H24N.H2O4S/c1-5-12(6-2)10(3)8-7-9-11(12)4;1-5(2,3)4/h10-11H,5-9H2,1-4H3;(H2,1,2,3,4)/q+1;/p-1. The van der Waals surface area contributed by atoms with Crippen LogP contribution in [0.2, 0.25) is 0 Å². The van der Waals surface area contributed by atoms with Gasteiger partial charge < -0.3 is 9.04 Å². The second-order valence-electron chi connectivity index (χ2n) is 4.79. The number of likely N-dealkylation sites (tertiary alicyclic amines) is 1. The molecule has 2 atom stereocenters. The van der Waals surface area contributed by atoms with Crippen LogP contribution in [0.3, 0.4) is 0 Å². The Bertz CT molecular complexity index is 291. The molecule has 104 valence electrons. The van der Waals surface area contributed by atoms with Crippen LogP contribution in [0.25, 0.3) is 0 Å². The van der Waals surface area contributed by atoms with Gasteiger partial charge in [-0.1, -0.05) is 0 Å². The molecule has 1 N–H and O–H groups in total. The highest BCUT2D eigenvalue weighted by atomic mass is 32.3. The summed E-state index contributed by atoms with van der Waals surface area (Å²) in [6.07, 6.45) is 4.32. The Morgan fingerprint density at radius 2 is 1.47 bits per heavy atom. The molecule has 1 aliphatic heterocycles. The highest BCUT2D eigenvalue weighted by Gasteiger charge is 2.38. The van der Waals surface area contributed by atoms with Crippen LogP contribution < -0.4 is 0 Å². The zero-order valence-corrected chi connectivity index (χ0v) is 12.0. The fraction of sp³-hybridized carbons (Fsp3) is 1.00. The molecule has 0 aromatic carbocycles. The lowest BCUT2D eigenvalue weighted by Gasteiger charge is -2.50. The highest BCUT2D eigenvalue weighted by Crippen LogP contribution is 2.30. The van der Waals surface area contributed by atoms with E-state index in [0.717, 1.165) is 12.1 Å². The number of hydrogen-bond acceptors (Lipinski definition) is 3. The fourth-order valence-corrected chi connectivity index (χ4v) is 3.13. The SMILES string of the molecule is CC[N+]1(CC)C(C)CCCC1C.O=S(=O)([O-])O. The molecule has 5 nitrogen and oxygen atoms in total. The normalized spacial score (nSPS) is 28.1. The molecule has 1 fully saturated rings. The Morgan fingerprint density at radius 3 is 1.65 bits per heavy atom. The molecule has 1 aliphatic rings. The second-order valence-corrected chi connectivity index (χ2v) is 5.65. The summed E-state index contributed by atoms with van der Waals surface area (Å²) < 4.78 is 34.2. The largest absolute Gasteiger partial charge is 0.726 e. The Labute approximate surface area is 105 Å². The lowest BCUT2D eigenvalue weighted by Crippen LogP contribution is -2.61. The van der Waals surface area contributed by atoms with Crippen molar-refractivity contribution in [1.82, 2.24) is 0 Å². The summed E-state index contributed by atoms with van der Waals surface area (Å²) in [5, 5.41) is 0. The number of hydrogen-bond donors (Lipinski definition) is 1. The smallest absolute Gasteiger partial charge is 0.215 e. The first-order valence-electron chi connectivity index (χ1n) is 6.22. The van der Waals surface area contributed by atoms with E-state index < -0.39 is 10.4 Å². The quantitative estimate of drug-likeness (QED) is 0.470. The van der Waals surface area contributed by atoms with E-state index in [-0.39, 0.29) is 0 Å². The van der Waals surface area contributed by atoms with Crippen LogP contribution >= 0.6 is 0 Å². The molecule has 0 amide bonds. The third-order valence-electron chi connectivity index (χ3n) is 4.18. The monoisotopic (exact) mass is 267 g/mol. The maximum absolute atomic E-state index is 8.63. The zero-order valence-electron chi connectivity index (χ0n) is 11.2. The maximum atomic E-state index is 8.63. The molecule has 0 spiro atoms. The number of piperidine rings is 1. The van der Waals surface area contributed by atoms with Crippen molar-refractivity contribution in [1.29, 1.82) is 0 Å². The van der Waals surface area contributed by atoms with E-state index in [2.05, 4.69) is 27.7 Å². The summed E-state index contributed by atoms with van der Waals surface area (Å²) >= 11 is 0. The van der Waals surface area contributed by atoms with Crippen molar-refractivity contribution in [3.63, 3.8) is 0 Å². The molecule has 0 radical (unpaired) electrons. The van der Waals surface area contributed by atoms with Gasteiger partial charge in [0.05, 0.1) is 25.2 Å². The minimum atomic E-state index is -4.92. The topological polar surface area (TPSA) is 77.4 Å². The van der Waals surface area contributed by atoms with E-state index in [1.807, 2.05) is 0 Å². The molecule has 0 aromatic rings. The first kappa shape index (κ1) is 16.8. The summed E-state index contributed by atoms with van der Waals surface area (Å²) in [7, 11) is -4.92. The van der Waals surface area contributed by atoms with Gasteiger partial charge in [0.15, 0.2) is 0 Å². The van der Waals surface area contributed by atoms with E-state index in [1.165, 1.54) is 36.8 Å². The second kappa shape index (κ2) is 6.68. The van der Waals surface area contributed by atoms with Crippen molar-refractivity contribution in [2.75, 3.05) is 13.1 Å². The minimum Gasteiger partial charge on any atom is -0.726 e. The maximum Gasteiger partial charge on any atom is 0.215 e. The van der Waals surface area contributed by atoms with E-state index in [1.54, 1.807) is 0 Å². The van der Waals surface area contributed by atoms with Gasteiger partial charge in [-0.15, -0.1) is 0 Å². The first-order valence-corrected chi connectivity index (χ1v) is 7.58. The molecular weight excluding hydrogens is 242 g/mol. The molecule has 0 aromatic heterocycles. The number of quaternary nitrogens is 1. The van der Waals surface area contributed by atoms with Crippen molar-refractivity contribution in [3.05, 3.63) is 0 Å². The van der Waals surface area contributed by atoms with Crippen LogP contribution in [0.15, 0.2) is 0 Å². The third kappa shape index (κ3) is 5.33. The Balaban J connectivity index is 0.000000437. The lowest BCUT2D eigenvalue weighted by atomic mass is 9.93. The lowest BCUT2D eigenvalue weighted by molar-refractivity contribution is -0.972. The molecule has 0 aliphatic carbocycles. The van der Waals surface area contributed by atoms with Gasteiger partial charge in [-0.3, -0.25) is 4.55 Å². The summed E-state index contributed by atoms with van der Waals surface area (Å²) in [5.41, 5.74) is 0. The minimum absolute atomic E-state index is 0.892. The van der Waals surface area contributed by atoms with Gasteiger partial charge >= 0.3 is 0 Å². The van der Waals surface area contributed by atoms with Crippen LogP contribution in [-0.2, 0) is 10.4 Å². The number of rotatable bonds is 2. The van der Waals surface area contributed by atoms with Gasteiger partial charge in [-0.2, -0.15) is 0 Å². The Hall–Kier alpha value is -0.170. The predicted octanol–water partition coefficient (Wildman–Crippen LogP) is 1.81. The molecular formula is C11H25NO4S. The van der Waals surface area contributed by atoms with Gasteiger partial charge in [0, 0.05) is 0 Å². The molecule has 0 bridgehead atoms.